The Hall–Kier alpha value is -0.380. The van der Waals surface area contributed by atoms with E-state index in [1.165, 1.54) is 12.0 Å². The highest BCUT2D eigenvalue weighted by atomic mass is 79.9. The van der Waals surface area contributed by atoms with Crippen LogP contribution in [0.5, 0.6) is 0 Å². The van der Waals surface area contributed by atoms with Gasteiger partial charge in [0.15, 0.2) is 0 Å². The maximum Gasteiger partial charge on any atom is 0.0374 e. The van der Waals surface area contributed by atoms with Crippen LogP contribution in [0.4, 0.5) is 0 Å². The topological polar surface area (TPSA) is 15.3 Å². The molecule has 1 fully saturated rings. The van der Waals surface area contributed by atoms with Crippen LogP contribution in [0.1, 0.15) is 31.9 Å². The number of hydrogen-bond donors (Lipinski definition) is 1. The van der Waals surface area contributed by atoms with Crippen LogP contribution >= 0.6 is 15.9 Å². The highest BCUT2D eigenvalue weighted by Crippen LogP contribution is 2.31. The van der Waals surface area contributed by atoms with Gasteiger partial charge in [-0.3, -0.25) is 4.90 Å². The summed E-state index contributed by atoms with van der Waals surface area (Å²) < 4.78 is 1.16. The summed E-state index contributed by atoms with van der Waals surface area (Å²) in [6, 6.07) is 9.41. The summed E-state index contributed by atoms with van der Waals surface area (Å²) in [5, 5.41) is 3.44. The largest absolute Gasteiger partial charge is 0.314 e. The van der Waals surface area contributed by atoms with E-state index in [0.717, 1.165) is 30.7 Å². The lowest BCUT2D eigenvalue weighted by atomic mass is 9.90. The van der Waals surface area contributed by atoms with Crippen LogP contribution in [-0.2, 0) is 0 Å². The van der Waals surface area contributed by atoms with E-state index in [-0.39, 0.29) is 0 Å². The van der Waals surface area contributed by atoms with Gasteiger partial charge in [0.25, 0.3) is 0 Å². The lowest BCUT2D eigenvalue weighted by Gasteiger charge is -2.38. The Labute approximate surface area is 119 Å². The van der Waals surface area contributed by atoms with Gasteiger partial charge in [-0.05, 0) is 23.6 Å². The zero-order chi connectivity index (χ0) is 13.0. The van der Waals surface area contributed by atoms with Crippen molar-refractivity contribution >= 4 is 15.9 Å². The first-order valence-corrected chi connectivity index (χ1v) is 7.72. The molecule has 18 heavy (non-hydrogen) atoms. The highest BCUT2D eigenvalue weighted by molar-refractivity contribution is 9.10. The Morgan fingerprint density at radius 1 is 1.22 bits per heavy atom. The molecule has 1 aliphatic heterocycles. The molecule has 1 aromatic carbocycles. The predicted octanol–water partition coefficient (Wildman–Crippen LogP) is 3.44. The zero-order valence-electron chi connectivity index (χ0n) is 11.3. The van der Waals surface area contributed by atoms with Crippen molar-refractivity contribution in [2.45, 2.75) is 26.3 Å². The smallest absolute Gasteiger partial charge is 0.0374 e. The van der Waals surface area contributed by atoms with Crippen molar-refractivity contribution in [1.29, 1.82) is 0 Å². The van der Waals surface area contributed by atoms with E-state index in [1.54, 1.807) is 0 Å². The molecule has 0 radical (unpaired) electrons. The molecule has 1 N–H and O–H groups in total. The third-order valence-electron chi connectivity index (χ3n) is 3.94. The summed E-state index contributed by atoms with van der Waals surface area (Å²) in [5.41, 5.74) is 1.45. The average Bonchev–Trinajstić information content (AvgIpc) is 2.42. The third-order valence-corrected chi connectivity index (χ3v) is 4.47. The van der Waals surface area contributed by atoms with Gasteiger partial charge in [0.05, 0.1) is 0 Å². The lowest BCUT2D eigenvalue weighted by Crippen LogP contribution is -2.46. The number of benzene rings is 1. The second-order valence-electron chi connectivity index (χ2n) is 5.17. The number of halogens is 1. The van der Waals surface area contributed by atoms with Crippen molar-refractivity contribution in [2.75, 3.05) is 26.2 Å². The Bertz CT molecular complexity index is 357. The molecule has 0 amide bonds. The Kier molecular flexibility index (Phi) is 5.22. The molecule has 2 nitrogen and oxygen atoms in total. The van der Waals surface area contributed by atoms with Gasteiger partial charge in [-0.15, -0.1) is 0 Å². The molecule has 0 aromatic heterocycles. The molecule has 1 saturated heterocycles. The Morgan fingerprint density at radius 2 is 1.83 bits per heavy atom. The van der Waals surface area contributed by atoms with Crippen molar-refractivity contribution in [1.82, 2.24) is 10.2 Å². The first-order valence-electron chi connectivity index (χ1n) is 6.92. The third kappa shape index (κ3) is 3.34. The fourth-order valence-electron chi connectivity index (χ4n) is 2.74. The number of nitrogens with zero attached hydrogens (tertiary/aromatic N) is 1. The van der Waals surface area contributed by atoms with Crippen LogP contribution in [0.3, 0.4) is 0 Å². The average molecular weight is 311 g/mol. The van der Waals surface area contributed by atoms with Gasteiger partial charge in [-0.2, -0.15) is 0 Å². The molecule has 1 unspecified atom stereocenters. The molecular formula is C15H23BrN2. The number of rotatable bonds is 4. The van der Waals surface area contributed by atoms with Gasteiger partial charge in [-0.1, -0.05) is 48.3 Å². The standard InChI is InChI=1S/C15H23BrN2/c1-3-12(2)15(18-10-8-17-9-11-18)13-4-6-14(16)7-5-13/h4-7,12,15,17H,3,8-11H2,1-2H3/t12?,15-/m0/s1. The van der Waals surface area contributed by atoms with Gasteiger partial charge >= 0.3 is 0 Å². The summed E-state index contributed by atoms with van der Waals surface area (Å²) in [6.45, 7) is 9.20. The van der Waals surface area contributed by atoms with Crippen molar-refractivity contribution in [3.8, 4) is 0 Å². The van der Waals surface area contributed by atoms with E-state index in [4.69, 9.17) is 0 Å². The van der Waals surface area contributed by atoms with Gasteiger partial charge in [0, 0.05) is 36.7 Å². The summed E-state index contributed by atoms with van der Waals surface area (Å²) in [7, 11) is 0. The molecule has 1 heterocycles. The number of piperazine rings is 1. The molecule has 0 spiro atoms. The van der Waals surface area contributed by atoms with E-state index < -0.39 is 0 Å². The van der Waals surface area contributed by atoms with Gasteiger partial charge < -0.3 is 5.32 Å². The minimum atomic E-state index is 0.560. The van der Waals surface area contributed by atoms with Crippen molar-refractivity contribution in [2.24, 2.45) is 5.92 Å². The van der Waals surface area contributed by atoms with Crippen LogP contribution in [0.2, 0.25) is 0 Å². The lowest BCUT2D eigenvalue weighted by molar-refractivity contribution is 0.128. The van der Waals surface area contributed by atoms with Crippen molar-refractivity contribution < 1.29 is 0 Å². The Morgan fingerprint density at radius 3 is 2.39 bits per heavy atom. The van der Waals surface area contributed by atoms with Crippen molar-refractivity contribution in [3.63, 3.8) is 0 Å². The molecule has 3 heteroatoms. The first kappa shape index (κ1) is 14.0. The summed E-state index contributed by atoms with van der Waals surface area (Å²) in [6.07, 6.45) is 1.23. The maximum absolute atomic E-state index is 3.52. The molecular weight excluding hydrogens is 288 g/mol. The number of nitrogens with one attached hydrogen (secondary N) is 1. The molecule has 1 aromatic rings. The first-order chi connectivity index (χ1) is 8.72. The summed E-state index contributed by atoms with van der Waals surface area (Å²) in [5.74, 6) is 0.698. The number of hydrogen-bond acceptors (Lipinski definition) is 2. The maximum atomic E-state index is 3.52. The van der Waals surface area contributed by atoms with E-state index in [0.29, 0.717) is 12.0 Å². The fraction of sp³-hybridized carbons (Fsp3) is 0.600. The second kappa shape index (κ2) is 6.69. The predicted molar refractivity (Wildman–Crippen MR) is 80.8 cm³/mol. The van der Waals surface area contributed by atoms with E-state index >= 15 is 0 Å². The summed E-state index contributed by atoms with van der Waals surface area (Å²) >= 11 is 3.52. The van der Waals surface area contributed by atoms with Gasteiger partial charge in [0.2, 0.25) is 0 Å². The molecule has 1 aliphatic rings. The minimum absolute atomic E-state index is 0.560. The van der Waals surface area contributed by atoms with E-state index in [9.17, 15) is 0 Å². The minimum Gasteiger partial charge on any atom is -0.314 e. The van der Waals surface area contributed by atoms with Crippen molar-refractivity contribution in [3.05, 3.63) is 34.3 Å². The zero-order valence-corrected chi connectivity index (χ0v) is 12.9. The van der Waals surface area contributed by atoms with Gasteiger partial charge in [0.1, 0.15) is 0 Å². The van der Waals surface area contributed by atoms with Crippen LogP contribution < -0.4 is 5.32 Å². The normalized spacial score (nSPS) is 20.6. The SMILES string of the molecule is CCC(C)[C@@H](c1ccc(Br)cc1)N1CCNCC1. The van der Waals surface area contributed by atoms with E-state index in [2.05, 4.69) is 64.3 Å². The summed E-state index contributed by atoms with van der Waals surface area (Å²) in [4.78, 5) is 2.63. The molecule has 0 aliphatic carbocycles. The Balaban J connectivity index is 2.20. The monoisotopic (exact) mass is 310 g/mol. The van der Waals surface area contributed by atoms with Crippen LogP contribution in [0.25, 0.3) is 0 Å². The molecule has 2 atom stereocenters. The van der Waals surface area contributed by atoms with Gasteiger partial charge in [-0.25, -0.2) is 0 Å². The molecule has 0 bridgehead atoms. The van der Waals surface area contributed by atoms with Crippen LogP contribution in [0, 0.1) is 5.92 Å². The van der Waals surface area contributed by atoms with Crippen LogP contribution in [0.15, 0.2) is 28.7 Å². The second-order valence-corrected chi connectivity index (χ2v) is 6.08. The highest BCUT2D eigenvalue weighted by Gasteiger charge is 2.26. The van der Waals surface area contributed by atoms with Crippen LogP contribution in [-0.4, -0.2) is 31.1 Å². The fourth-order valence-corrected chi connectivity index (χ4v) is 3.01. The molecule has 2 rings (SSSR count). The molecule has 100 valence electrons. The van der Waals surface area contributed by atoms with E-state index in [1.807, 2.05) is 0 Å². The quantitative estimate of drug-likeness (QED) is 0.916. The molecule has 0 saturated carbocycles.